The molecule has 7 nitrogen and oxygen atoms in total. The van der Waals surface area contributed by atoms with Crippen molar-refractivity contribution in [2.24, 2.45) is 0 Å². The van der Waals surface area contributed by atoms with Crippen LogP contribution >= 0.6 is 11.8 Å². The van der Waals surface area contributed by atoms with Gasteiger partial charge in [0.2, 0.25) is 5.91 Å². The zero-order chi connectivity index (χ0) is 16.8. The van der Waals surface area contributed by atoms with Crippen molar-refractivity contribution in [1.29, 1.82) is 0 Å². The third-order valence-corrected chi connectivity index (χ3v) is 4.28. The van der Waals surface area contributed by atoms with Gasteiger partial charge in [-0.25, -0.2) is 4.79 Å². The molecule has 0 aliphatic heterocycles. The Morgan fingerprint density at radius 2 is 1.87 bits per heavy atom. The highest BCUT2D eigenvalue weighted by Crippen LogP contribution is 2.12. The quantitative estimate of drug-likeness (QED) is 0.694. The number of benzene rings is 1. The van der Waals surface area contributed by atoms with E-state index in [9.17, 15) is 14.4 Å². The van der Waals surface area contributed by atoms with Crippen molar-refractivity contribution in [2.75, 3.05) is 18.1 Å². The van der Waals surface area contributed by atoms with Crippen molar-refractivity contribution in [3.05, 3.63) is 34.7 Å². The van der Waals surface area contributed by atoms with E-state index in [-0.39, 0.29) is 23.9 Å². The highest BCUT2D eigenvalue weighted by Gasteiger charge is 2.13. The van der Waals surface area contributed by atoms with Crippen LogP contribution in [-0.4, -0.2) is 44.2 Å². The summed E-state index contributed by atoms with van der Waals surface area (Å²) in [6.07, 6.45) is 0. The number of aliphatic carboxylic acids is 1. The van der Waals surface area contributed by atoms with E-state index < -0.39 is 5.97 Å². The molecule has 1 aromatic heterocycles. The van der Waals surface area contributed by atoms with E-state index in [4.69, 9.17) is 5.11 Å². The van der Waals surface area contributed by atoms with Gasteiger partial charge in [-0.2, -0.15) is 0 Å². The molecule has 1 aromatic carbocycles. The second-order valence-electron chi connectivity index (χ2n) is 4.90. The molecular formula is C15H19N3O4S. The minimum absolute atomic E-state index is 0.0132. The highest BCUT2D eigenvalue weighted by atomic mass is 32.2. The highest BCUT2D eigenvalue weighted by molar-refractivity contribution is 7.99. The molecule has 0 atom stereocenters. The smallest absolute Gasteiger partial charge is 0.329 e. The second kappa shape index (κ2) is 7.87. The molecule has 0 aliphatic rings. The summed E-state index contributed by atoms with van der Waals surface area (Å²) >= 11 is 1.24. The zero-order valence-electron chi connectivity index (χ0n) is 12.8. The van der Waals surface area contributed by atoms with Gasteiger partial charge in [-0.15, -0.1) is 11.8 Å². The van der Waals surface area contributed by atoms with Crippen LogP contribution in [0.15, 0.2) is 29.1 Å². The van der Waals surface area contributed by atoms with Gasteiger partial charge in [-0.1, -0.05) is 12.1 Å². The number of fused-ring (bicyclic) bond motifs is 1. The number of rotatable bonds is 8. The molecule has 1 amide bonds. The van der Waals surface area contributed by atoms with E-state index in [1.807, 2.05) is 31.2 Å². The third kappa shape index (κ3) is 4.16. The van der Waals surface area contributed by atoms with Crippen LogP contribution in [0.1, 0.15) is 6.92 Å². The number of carboxylic acids is 1. The molecular weight excluding hydrogens is 318 g/mol. The molecule has 1 heterocycles. The predicted molar refractivity (Wildman–Crippen MR) is 89.8 cm³/mol. The van der Waals surface area contributed by atoms with Gasteiger partial charge in [0.05, 0.1) is 16.8 Å². The van der Waals surface area contributed by atoms with Crippen molar-refractivity contribution in [2.45, 2.75) is 20.0 Å². The Labute approximate surface area is 137 Å². The first-order valence-electron chi connectivity index (χ1n) is 7.29. The van der Waals surface area contributed by atoms with Crippen LogP contribution < -0.4 is 11.0 Å². The van der Waals surface area contributed by atoms with Crippen LogP contribution in [-0.2, 0) is 22.7 Å². The minimum Gasteiger partial charge on any atom is -0.481 e. The molecule has 2 N–H and O–H groups in total. The minimum atomic E-state index is -0.875. The van der Waals surface area contributed by atoms with E-state index in [2.05, 4.69) is 5.32 Å². The SMILES string of the molecule is CCn1c(=O)n(CC(=O)NCCSCC(=O)O)c2ccccc21. The number of amides is 1. The molecule has 0 saturated carbocycles. The molecule has 0 fully saturated rings. The average molecular weight is 337 g/mol. The number of imidazole rings is 1. The van der Waals surface area contributed by atoms with E-state index in [0.29, 0.717) is 18.8 Å². The molecule has 2 aromatic rings. The van der Waals surface area contributed by atoms with Gasteiger partial charge >= 0.3 is 11.7 Å². The molecule has 23 heavy (non-hydrogen) atoms. The average Bonchev–Trinajstić information content (AvgIpc) is 2.79. The van der Waals surface area contributed by atoms with E-state index in [1.165, 1.54) is 16.3 Å². The van der Waals surface area contributed by atoms with Crippen LogP contribution in [0.2, 0.25) is 0 Å². The van der Waals surface area contributed by atoms with Crippen molar-refractivity contribution in [3.63, 3.8) is 0 Å². The fourth-order valence-corrected chi connectivity index (χ4v) is 2.92. The van der Waals surface area contributed by atoms with Crippen LogP contribution in [0.5, 0.6) is 0 Å². The third-order valence-electron chi connectivity index (χ3n) is 3.34. The Morgan fingerprint density at radius 1 is 1.22 bits per heavy atom. The first-order chi connectivity index (χ1) is 11.0. The monoisotopic (exact) mass is 337 g/mol. The maximum atomic E-state index is 12.4. The normalized spacial score (nSPS) is 10.8. The van der Waals surface area contributed by atoms with Gasteiger partial charge in [0.1, 0.15) is 6.54 Å². The molecule has 0 saturated heterocycles. The summed E-state index contributed by atoms with van der Waals surface area (Å²) < 4.78 is 3.09. The van der Waals surface area contributed by atoms with Crippen LogP contribution in [0, 0.1) is 0 Å². The summed E-state index contributed by atoms with van der Waals surface area (Å²) in [5.41, 5.74) is 1.34. The largest absolute Gasteiger partial charge is 0.481 e. The first kappa shape index (κ1) is 17.1. The Bertz CT molecular complexity index is 766. The number of nitrogens with one attached hydrogen (secondary N) is 1. The van der Waals surface area contributed by atoms with Crippen molar-refractivity contribution in [1.82, 2.24) is 14.5 Å². The molecule has 2 rings (SSSR count). The summed E-state index contributed by atoms with van der Waals surface area (Å²) in [5.74, 6) is -0.606. The summed E-state index contributed by atoms with van der Waals surface area (Å²) in [6, 6.07) is 7.37. The molecule has 0 unspecified atom stereocenters. The summed E-state index contributed by atoms with van der Waals surface area (Å²) in [7, 11) is 0. The van der Waals surface area contributed by atoms with Gasteiger partial charge in [0.25, 0.3) is 0 Å². The lowest BCUT2D eigenvalue weighted by atomic mass is 10.3. The zero-order valence-corrected chi connectivity index (χ0v) is 13.6. The fourth-order valence-electron chi connectivity index (χ4n) is 2.35. The number of thioether (sulfide) groups is 1. The van der Waals surface area contributed by atoms with Crippen LogP contribution in [0.4, 0.5) is 0 Å². The standard InChI is InChI=1S/C15H19N3O4S/c1-2-17-11-5-3-4-6-12(11)18(15(17)22)9-13(19)16-7-8-23-10-14(20)21/h3-6H,2,7-10H2,1H3,(H,16,19)(H,20,21). The Balaban J connectivity index is 2.01. The lowest BCUT2D eigenvalue weighted by molar-refractivity contribution is -0.133. The van der Waals surface area contributed by atoms with E-state index >= 15 is 0 Å². The van der Waals surface area contributed by atoms with E-state index in [0.717, 1.165) is 11.0 Å². The Morgan fingerprint density at radius 3 is 2.48 bits per heavy atom. The van der Waals surface area contributed by atoms with Gasteiger partial charge in [-0.05, 0) is 19.1 Å². The molecule has 8 heteroatoms. The number of hydrogen-bond donors (Lipinski definition) is 2. The molecule has 124 valence electrons. The molecule has 0 aliphatic carbocycles. The maximum Gasteiger partial charge on any atom is 0.329 e. The van der Waals surface area contributed by atoms with Crippen molar-refractivity contribution >= 4 is 34.7 Å². The summed E-state index contributed by atoms with van der Waals surface area (Å²) in [4.78, 5) is 34.8. The lowest BCUT2D eigenvalue weighted by Gasteiger charge is -2.05. The number of para-hydroxylation sites is 2. The number of hydrogen-bond acceptors (Lipinski definition) is 4. The number of carboxylic acid groups (broad SMARTS) is 1. The molecule has 0 radical (unpaired) electrons. The number of carbonyl (C=O) groups excluding carboxylic acids is 1. The van der Waals surface area contributed by atoms with E-state index in [1.54, 1.807) is 4.57 Å². The Kier molecular flexibility index (Phi) is 5.86. The van der Waals surface area contributed by atoms with Gasteiger partial charge in [-0.3, -0.25) is 18.7 Å². The van der Waals surface area contributed by atoms with Crippen molar-refractivity contribution in [3.8, 4) is 0 Å². The van der Waals surface area contributed by atoms with Crippen LogP contribution in [0.3, 0.4) is 0 Å². The summed E-state index contributed by atoms with van der Waals surface area (Å²) in [6.45, 7) is 2.76. The van der Waals surface area contributed by atoms with Crippen molar-refractivity contribution < 1.29 is 14.7 Å². The summed E-state index contributed by atoms with van der Waals surface area (Å²) in [5, 5.41) is 11.2. The van der Waals surface area contributed by atoms with Crippen LogP contribution in [0.25, 0.3) is 11.0 Å². The topological polar surface area (TPSA) is 93.3 Å². The molecule has 0 spiro atoms. The Hall–Kier alpha value is -2.22. The first-order valence-corrected chi connectivity index (χ1v) is 8.44. The lowest BCUT2D eigenvalue weighted by Crippen LogP contribution is -2.34. The number of aromatic nitrogens is 2. The number of nitrogens with zero attached hydrogens (tertiary/aromatic N) is 2. The number of aryl methyl sites for hydroxylation is 1. The second-order valence-corrected chi connectivity index (χ2v) is 6.00. The van der Waals surface area contributed by atoms with Gasteiger partial charge in [0, 0.05) is 18.8 Å². The predicted octanol–water partition coefficient (Wildman–Crippen LogP) is 0.757. The number of carbonyl (C=O) groups is 2. The van der Waals surface area contributed by atoms with Gasteiger partial charge < -0.3 is 10.4 Å². The fraction of sp³-hybridized carbons (Fsp3) is 0.400. The maximum absolute atomic E-state index is 12.4. The molecule has 0 bridgehead atoms. The van der Waals surface area contributed by atoms with Gasteiger partial charge in [0.15, 0.2) is 0 Å².